The number of hydrogen-bond donors (Lipinski definition) is 1. The summed E-state index contributed by atoms with van der Waals surface area (Å²) >= 11 is 0. The molecule has 0 fully saturated rings. The molecule has 0 aromatic heterocycles. The third kappa shape index (κ3) is 4.44. The number of rotatable bonds is 6. The van der Waals surface area contributed by atoms with Gasteiger partial charge in [0, 0.05) is 5.56 Å². The lowest BCUT2D eigenvalue weighted by molar-refractivity contribution is -0.123. The van der Waals surface area contributed by atoms with Gasteiger partial charge in [-0.3, -0.25) is 4.79 Å². The second-order valence-electron chi connectivity index (χ2n) is 5.65. The summed E-state index contributed by atoms with van der Waals surface area (Å²) in [6, 6.07) is 11.0. The van der Waals surface area contributed by atoms with E-state index in [1.54, 1.807) is 25.3 Å². The molecule has 7 heteroatoms. The van der Waals surface area contributed by atoms with Gasteiger partial charge in [-0.25, -0.2) is 5.43 Å². The summed E-state index contributed by atoms with van der Waals surface area (Å²) < 4.78 is 21.8. The molecular formula is C19H20N2O5. The molecule has 0 spiro atoms. The van der Waals surface area contributed by atoms with E-state index < -0.39 is 0 Å². The maximum atomic E-state index is 11.8. The Morgan fingerprint density at radius 1 is 1.27 bits per heavy atom. The molecule has 1 N–H and O–H groups in total. The molecule has 1 amide bonds. The van der Waals surface area contributed by atoms with E-state index in [2.05, 4.69) is 10.5 Å². The summed E-state index contributed by atoms with van der Waals surface area (Å²) in [5.74, 6) is 2.00. The van der Waals surface area contributed by atoms with Crippen LogP contribution in [0.5, 0.6) is 23.0 Å². The van der Waals surface area contributed by atoms with Gasteiger partial charge < -0.3 is 18.9 Å². The molecular weight excluding hydrogens is 336 g/mol. The molecule has 0 saturated carbocycles. The van der Waals surface area contributed by atoms with E-state index in [4.69, 9.17) is 18.9 Å². The number of nitrogens with one attached hydrogen (secondary N) is 1. The van der Waals surface area contributed by atoms with Crippen molar-refractivity contribution >= 4 is 12.1 Å². The van der Waals surface area contributed by atoms with Gasteiger partial charge in [-0.15, -0.1) is 0 Å². The van der Waals surface area contributed by atoms with E-state index in [-0.39, 0.29) is 12.5 Å². The first kappa shape index (κ1) is 17.6. The van der Waals surface area contributed by atoms with Crippen molar-refractivity contribution in [2.24, 2.45) is 5.10 Å². The van der Waals surface area contributed by atoms with Crippen molar-refractivity contribution in [2.45, 2.75) is 6.92 Å². The number of amides is 1. The molecule has 1 aliphatic heterocycles. The minimum Gasteiger partial charge on any atom is -0.493 e. The molecule has 0 bridgehead atoms. The number of carbonyl (C=O) groups excluding carboxylic acids is 1. The Kier molecular flexibility index (Phi) is 5.58. The highest BCUT2D eigenvalue weighted by atomic mass is 16.6. The van der Waals surface area contributed by atoms with Crippen molar-refractivity contribution in [3.05, 3.63) is 47.5 Å². The average Bonchev–Trinajstić information content (AvgIpc) is 2.66. The molecule has 26 heavy (non-hydrogen) atoms. The molecule has 0 aliphatic carbocycles. The zero-order chi connectivity index (χ0) is 18.4. The number of hydrogen-bond acceptors (Lipinski definition) is 6. The lowest BCUT2D eigenvalue weighted by atomic mass is 10.2. The molecule has 0 atom stereocenters. The maximum Gasteiger partial charge on any atom is 0.277 e. The van der Waals surface area contributed by atoms with Crippen LogP contribution >= 0.6 is 0 Å². The van der Waals surface area contributed by atoms with Gasteiger partial charge in [0.2, 0.25) is 5.75 Å². The first-order chi connectivity index (χ1) is 12.7. The molecule has 0 radical (unpaired) electrons. The smallest absolute Gasteiger partial charge is 0.277 e. The van der Waals surface area contributed by atoms with E-state index in [0.717, 1.165) is 5.56 Å². The van der Waals surface area contributed by atoms with Crippen molar-refractivity contribution < 1.29 is 23.7 Å². The minimum absolute atomic E-state index is 0.120. The first-order valence-corrected chi connectivity index (χ1v) is 8.14. The maximum absolute atomic E-state index is 11.8. The minimum atomic E-state index is -0.354. The van der Waals surface area contributed by atoms with Crippen LogP contribution in [-0.4, -0.2) is 39.1 Å². The summed E-state index contributed by atoms with van der Waals surface area (Å²) in [4.78, 5) is 11.8. The zero-order valence-electron chi connectivity index (χ0n) is 14.7. The molecule has 136 valence electrons. The van der Waals surface area contributed by atoms with Gasteiger partial charge in [-0.1, -0.05) is 12.1 Å². The van der Waals surface area contributed by atoms with Crippen LogP contribution in [0, 0.1) is 6.92 Å². The fourth-order valence-electron chi connectivity index (χ4n) is 2.43. The number of hydrazone groups is 1. The molecule has 0 saturated heterocycles. The summed E-state index contributed by atoms with van der Waals surface area (Å²) in [6.45, 7) is 2.79. The van der Waals surface area contributed by atoms with E-state index >= 15 is 0 Å². The fourth-order valence-corrected chi connectivity index (χ4v) is 2.43. The van der Waals surface area contributed by atoms with Crippen molar-refractivity contribution in [3.63, 3.8) is 0 Å². The van der Waals surface area contributed by atoms with Gasteiger partial charge in [0.1, 0.15) is 19.0 Å². The molecule has 1 heterocycles. The predicted molar refractivity (Wildman–Crippen MR) is 96.4 cm³/mol. The Balaban J connectivity index is 1.57. The molecule has 3 rings (SSSR count). The molecule has 2 aromatic rings. The van der Waals surface area contributed by atoms with Gasteiger partial charge in [-0.2, -0.15) is 5.10 Å². The number of ether oxygens (including phenoxy) is 4. The van der Waals surface area contributed by atoms with Crippen molar-refractivity contribution in [3.8, 4) is 23.0 Å². The quantitative estimate of drug-likeness (QED) is 0.635. The van der Waals surface area contributed by atoms with Crippen LogP contribution in [0.25, 0.3) is 0 Å². The second kappa shape index (κ2) is 8.24. The van der Waals surface area contributed by atoms with E-state index in [1.165, 1.54) is 6.21 Å². The van der Waals surface area contributed by atoms with Gasteiger partial charge in [0.25, 0.3) is 5.91 Å². The Labute approximate surface area is 151 Å². The molecule has 7 nitrogen and oxygen atoms in total. The van der Waals surface area contributed by atoms with Crippen LogP contribution in [-0.2, 0) is 4.79 Å². The Bertz CT molecular complexity index is 802. The Morgan fingerprint density at radius 2 is 2.12 bits per heavy atom. The van der Waals surface area contributed by atoms with E-state index in [0.29, 0.717) is 41.8 Å². The van der Waals surface area contributed by atoms with Crippen molar-refractivity contribution in [2.75, 3.05) is 26.9 Å². The topological polar surface area (TPSA) is 78.4 Å². The normalized spacial score (nSPS) is 12.7. The highest BCUT2D eigenvalue weighted by Gasteiger charge is 2.17. The third-order valence-corrected chi connectivity index (χ3v) is 3.61. The number of methoxy groups -OCH3 is 1. The Morgan fingerprint density at radius 3 is 2.92 bits per heavy atom. The van der Waals surface area contributed by atoms with Crippen LogP contribution in [0.3, 0.4) is 0 Å². The molecule has 0 unspecified atom stereocenters. The summed E-state index contributed by atoms with van der Waals surface area (Å²) in [6.07, 6.45) is 1.51. The molecule has 2 aromatic carbocycles. The fraction of sp³-hybridized carbons (Fsp3) is 0.263. The standard InChI is InChI=1S/C19H20N2O5/c1-13-4-3-5-15(8-13)26-12-18(22)21-20-11-14-9-16(23-2)19-17(10-14)24-6-7-25-19/h3-5,8-11H,6-7,12H2,1-2H3,(H,21,22)/b20-11-. The summed E-state index contributed by atoms with van der Waals surface area (Å²) in [7, 11) is 1.55. The third-order valence-electron chi connectivity index (χ3n) is 3.61. The summed E-state index contributed by atoms with van der Waals surface area (Å²) in [5.41, 5.74) is 4.20. The monoisotopic (exact) mass is 356 g/mol. The largest absolute Gasteiger partial charge is 0.493 e. The van der Waals surface area contributed by atoms with Crippen LogP contribution in [0.1, 0.15) is 11.1 Å². The predicted octanol–water partition coefficient (Wildman–Crippen LogP) is 2.30. The van der Waals surface area contributed by atoms with Crippen LogP contribution in [0.2, 0.25) is 0 Å². The summed E-state index contributed by atoms with van der Waals surface area (Å²) in [5, 5.41) is 3.94. The number of fused-ring (bicyclic) bond motifs is 1. The van der Waals surface area contributed by atoms with E-state index in [9.17, 15) is 4.79 Å². The van der Waals surface area contributed by atoms with Gasteiger partial charge in [-0.05, 0) is 36.8 Å². The first-order valence-electron chi connectivity index (χ1n) is 8.14. The SMILES string of the molecule is COc1cc(/C=N\NC(=O)COc2cccc(C)c2)cc2c1OCCO2. The van der Waals surface area contributed by atoms with E-state index in [1.807, 2.05) is 25.1 Å². The van der Waals surface area contributed by atoms with Crippen LogP contribution in [0.15, 0.2) is 41.5 Å². The van der Waals surface area contributed by atoms with Crippen molar-refractivity contribution in [1.29, 1.82) is 0 Å². The van der Waals surface area contributed by atoms with Crippen LogP contribution < -0.4 is 24.4 Å². The van der Waals surface area contributed by atoms with Gasteiger partial charge in [0.15, 0.2) is 18.1 Å². The number of carbonyl (C=O) groups is 1. The second-order valence-corrected chi connectivity index (χ2v) is 5.65. The number of nitrogens with zero attached hydrogens (tertiary/aromatic N) is 1. The zero-order valence-corrected chi connectivity index (χ0v) is 14.7. The lowest BCUT2D eigenvalue weighted by Crippen LogP contribution is -2.24. The number of benzene rings is 2. The van der Waals surface area contributed by atoms with Crippen molar-refractivity contribution in [1.82, 2.24) is 5.43 Å². The highest BCUT2D eigenvalue weighted by Crippen LogP contribution is 2.39. The lowest BCUT2D eigenvalue weighted by Gasteiger charge is -2.20. The Hall–Kier alpha value is -3.22. The van der Waals surface area contributed by atoms with Crippen LogP contribution in [0.4, 0.5) is 0 Å². The van der Waals surface area contributed by atoms with Gasteiger partial charge >= 0.3 is 0 Å². The van der Waals surface area contributed by atoms with Gasteiger partial charge in [0.05, 0.1) is 13.3 Å². The molecule has 1 aliphatic rings. The highest BCUT2D eigenvalue weighted by molar-refractivity contribution is 5.84. The average molecular weight is 356 g/mol. The number of aryl methyl sites for hydroxylation is 1.